The van der Waals surface area contributed by atoms with Gasteiger partial charge in [-0.15, -0.1) is 0 Å². The van der Waals surface area contributed by atoms with E-state index in [2.05, 4.69) is 21.9 Å². The van der Waals surface area contributed by atoms with Crippen molar-refractivity contribution in [2.24, 2.45) is 0 Å². The number of rotatable bonds is 7. The highest BCUT2D eigenvalue weighted by molar-refractivity contribution is 7.89. The van der Waals surface area contributed by atoms with Crippen LogP contribution < -0.4 is 10.0 Å². The summed E-state index contributed by atoms with van der Waals surface area (Å²) in [5.41, 5.74) is 1.18. The van der Waals surface area contributed by atoms with Crippen LogP contribution in [0.4, 0.5) is 0 Å². The maximum Gasteiger partial charge on any atom is 0.251 e. The Labute approximate surface area is 144 Å². The Balaban J connectivity index is 2.11. The summed E-state index contributed by atoms with van der Waals surface area (Å²) in [5.74, 6) is -0.219. The molecule has 1 aliphatic heterocycles. The van der Waals surface area contributed by atoms with Crippen LogP contribution in [0, 0.1) is 6.92 Å². The van der Waals surface area contributed by atoms with Crippen LogP contribution in [0.2, 0.25) is 0 Å². The Morgan fingerprint density at radius 1 is 1.33 bits per heavy atom. The lowest BCUT2D eigenvalue weighted by Gasteiger charge is -2.23. The maximum atomic E-state index is 12.5. The molecule has 1 unspecified atom stereocenters. The Bertz CT molecular complexity index is 688. The van der Waals surface area contributed by atoms with Gasteiger partial charge in [-0.05, 0) is 50.6 Å². The van der Waals surface area contributed by atoms with Crippen LogP contribution in [0.3, 0.4) is 0 Å². The summed E-state index contributed by atoms with van der Waals surface area (Å²) in [6.07, 6.45) is 2.24. The lowest BCUT2D eigenvalue weighted by Crippen LogP contribution is -2.40. The first kappa shape index (κ1) is 18.9. The van der Waals surface area contributed by atoms with E-state index in [9.17, 15) is 13.2 Å². The largest absolute Gasteiger partial charge is 0.350 e. The minimum Gasteiger partial charge on any atom is -0.350 e. The average Bonchev–Trinajstić information content (AvgIpc) is 3.00. The predicted octanol–water partition coefficient (Wildman–Crippen LogP) is 1.51. The first-order valence-electron chi connectivity index (χ1n) is 8.51. The number of hydrogen-bond donors (Lipinski definition) is 2. The summed E-state index contributed by atoms with van der Waals surface area (Å²) in [4.78, 5) is 15.0. The molecule has 1 atom stereocenters. The summed E-state index contributed by atoms with van der Waals surface area (Å²) >= 11 is 0. The fraction of sp³-hybridized carbons (Fsp3) is 0.588. The Morgan fingerprint density at radius 3 is 2.75 bits per heavy atom. The van der Waals surface area contributed by atoms with Gasteiger partial charge in [0.2, 0.25) is 10.0 Å². The molecule has 0 spiro atoms. The summed E-state index contributed by atoms with van der Waals surface area (Å²) in [6.45, 7) is 8.62. The molecule has 1 aromatic rings. The van der Waals surface area contributed by atoms with Crippen LogP contribution in [0.5, 0.6) is 0 Å². The van der Waals surface area contributed by atoms with E-state index in [0.717, 1.165) is 31.5 Å². The first-order valence-corrected chi connectivity index (χ1v) is 10.00. The van der Waals surface area contributed by atoms with Crippen LogP contribution in [0.15, 0.2) is 23.1 Å². The maximum absolute atomic E-state index is 12.5. The van der Waals surface area contributed by atoms with Crippen molar-refractivity contribution >= 4 is 15.9 Å². The minimum absolute atomic E-state index is 0.121. The van der Waals surface area contributed by atoms with E-state index in [0.29, 0.717) is 24.7 Å². The standard InChI is InChI=1S/C17H27N3O3S/c1-4-19-24(22,23)15-9-8-13(3)16(11-15)17(21)18-12-14-7-6-10-20(14)5-2/h8-9,11,14,19H,4-7,10,12H2,1-3H3,(H,18,21). The van der Waals surface area contributed by atoms with Crippen LogP contribution >= 0.6 is 0 Å². The van der Waals surface area contributed by atoms with E-state index in [4.69, 9.17) is 0 Å². The van der Waals surface area contributed by atoms with E-state index in [-0.39, 0.29) is 10.8 Å². The summed E-state index contributed by atoms with van der Waals surface area (Å²) in [7, 11) is -3.56. The van der Waals surface area contributed by atoms with Gasteiger partial charge in [0.15, 0.2) is 0 Å². The molecule has 1 fully saturated rings. The molecular weight excluding hydrogens is 326 g/mol. The molecule has 7 heteroatoms. The number of amides is 1. The van der Waals surface area contributed by atoms with E-state index >= 15 is 0 Å². The van der Waals surface area contributed by atoms with Crippen molar-refractivity contribution in [1.29, 1.82) is 0 Å². The third-order valence-electron chi connectivity index (χ3n) is 4.50. The molecule has 1 saturated heterocycles. The molecule has 1 heterocycles. The predicted molar refractivity (Wildman–Crippen MR) is 94.6 cm³/mol. The summed E-state index contributed by atoms with van der Waals surface area (Å²) in [6, 6.07) is 5.02. The molecule has 0 aliphatic carbocycles. The van der Waals surface area contributed by atoms with Crippen molar-refractivity contribution in [2.75, 3.05) is 26.2 Å². The van der Waals surface area contributed by atoms with Gasteiger partial charge in [0, 0.05) is 24.7 Å². The van der Waals surface area contributed by atoms with Crippen molar-refractivity contribution in [3.05, 3.63) is 29.3 Å². The third kappa shape index (κ3) is 4.34. The second-order valence-electron chi connectivity index (χ2n) is 6.11. The van der Waals surface area contributed by atoms with Gasteiger partial charge in [-0.2, -0.15) is 0 Å². The average molecular weight is 353 g/mol. The molecule has 24 heavy (non-hydrogen) atoms. The van der Waals surface area contributed by atoms with Gasteiger partial charge in [-0.1, -0.05) is 19.9 Å². The van der Waals surface area contributed by atoms with Gasteiger partial charge in [0.25, 0.3) is 5.91 Å². The Kier molecular flexibility index (Phi) is 6.37. The highest BCUT2D eigenvalue weighted by Gasteiger charge is 2.24. The number of aryl methyl sites for hydroxylation is 1. The normalized spacial score (nSPS) is 18.7. The fourth-order valence-electron chi connectivity index (χ4n) is 3.13. The van der Waals surface area contributed by atoms with E-state index in [1.807, 2.05) is 6.92 Å². The molecule has 0 aromatic heterocycles. The molecular formula is C17H27N3O3S. The van der Waals surface area contributed by atoms with Crippen LogP contribution in [-0.4, -0.2) is 51.4 Å². The van der Waals surface area contributed by atoms with E-state index in [1.165, 1.54) is 12.1 Å². The Hall–Kier alpha value is -1.44. The number of carbonyl (C=O) groups excluding carboxylic acids is 1. The van der Waals surface area contributed by atoms with Crippen molar-refractivity contribution in [1.82, 2.24) is 14.9 Å². The first-order chi connectivity index (χ1) is 11.4. The number of carbonyl (C=O) groups is 1. The second kappa shape index (κ2) is 8.09. The van der Waals surface area contributed by atoms with Gasteiger partial charge in [-0.3, -0.25) is 9.69 Å². The van der Waals surface area contributed by atoms with Gasteiger partial charge in [0.1, 0.15) is 0 Å². The molecule has 134 valence electrons. The molecule has 2 rings (SSSR count). The quantitative estimate of drug-likeness (QED) is 0.779. The molecule has 1 aromatic carbocycles. The minimum atomic E-state index is -3.56. The zero-order chi connectivity index (χ0) is 17.7. The number of hydrogen-bond acceptors (Lipinski definition) is 4. The second-order valence-corrected chi connectivity index (χ2v) is 7.88. The molecule has 1 amide bonds. The van der Waals surface area contributed by atoms with Gasteiger partial charge < -0.3 is 5.32 Å². The molecule has 0 radical (unpaired) electrons. The van der Waals surface area contributed by atoms with Crippen molar-refractivity contribution in [2.45, 2.75) is 44.6 Å². The fourth-order valence-corrected chi connectivity index (χ4v) is 4.20. The molecule has 6 nitrogen and oxygen atoms in total. The Morgan fingerprint density at radius 2 is 2.08 bits per heavy atom. The highest BCUT2D eigenvalue weighted by atomic mass is 32.2. The van der Waals surface area contributed by atoms with Crippen molar-refractivity contribution in [3.8, 4) is 0 Å². The smallest absolute Gasteiger partial charge is 0.251 e. The lowest BCUT2D eigenvalue weighted by atomic mass is 10.1. The summed E-state index contributed by atoms with van der Waals surface area (Å²) < 4.78 is 26.7. The summed E-state index contributed by atoms with van der Waals surface area (Å²) in [5, 5.41) is 2.96. The monoisotopic (exact) mass is 353 g/mol. The van der Waals surface area contributed by atoms with E-state index < -0.39 is 10.0 Å². The number of likely N-dealkylation sites (tertiary alicyclic amines) is 1. The van der Waals surface area contributed by atoms with Gasteiger partial charge >= 0.3 is 0 Å². The highest BCUT2D eigenvalue weighted by Crippen LogP contribution is 2.18. The van der Waals surface area contributed by atoms with Crippen LogP contribution in [-0.2, 0) is 10.0 Å². The third-order valence-corrected chi connectivity index (χ3v) is 6.05. The molecule has 0 bridgehead atoms. The SMILES string of the molecule is CCNS(=O)(=O)c1ccc(C)c(C(=O)NCC2CCCN2CC)c1. The van der Waals surface area contributed by atoms with Crippen molar-refractivity contribution < 1.29 is 13.2 Å². The molecule has 2 N–H and O–H groups in total. The number of likely N-dealkylation sites (N-methyl/N-ethyl adjacent to an activating group) is 1. The van der Waals surface area contributed by atoms with Gasteiger partial charge in [-0.25, -0.2) is 13.1 Å². The van der Waals surface area contributed by atoms with Gasteiger partial charge in [0.05, 0.1) is 4.90 Å². The number of sulfonamides is 1. The number of nitrogens with zero attached hydrogens (tertiary/aromatic N) is 1. The molecule has 1 aliphatic rings. The molecule has 0 saturated carbocycles. The van der Waals surface area contributed by atoms with Crippen LogP contribution in [0.25, 0.3) is 0 Å². The van der Waals surface area contributed by atoms with E-state index in [1.54, 1.807) is 13.0 Å². The topological polar surface area (TPSA) is 78.5 Å². The number of benzene rings is 1. The zero-order valence-corrected chi connectivity index (χ0v) is 15.4. The van der Waals surface area contributed by atoms with Crippen LogP contribution in [0.1, 0.15) is 42.6 Å². The number of nitrogens with one attached hydrogen (secondary N) is 2. The lowest BCUT2D eigenvalue weighted by molar-refractivity contribution is 0.0940. The zero-order valence-electron chi connectivity index (χ0n) is 14.6. The van der Waals surface area contributed by atoms with Crippen molar-refractivity contribution in [3.63, 3.8) is 0 Å².